The summed E-state index contributed by atoms with van der Waals surface area (Å²) < 4.78 is 1.93. The molecular formula is C23H33N7O2. The highest BCUT2D eigenvalue weighted by Gasteiger charge is 2.58. The second-order valence-corrected chi connectivity index (χ2v) is 9.62. The fourth-order valence-electron chi connectivity index (χ4n) is 5.80. The molecule has 1 aliphatic heterocycles. The van der Waals surface area contributed by atoms with E-state index in [0.717, 1.165) is 30.9 Å². The molecule has 2 heterocycles. The summed E-state index contributed by atoms with van der Waals surface area (Å²) in [6.07, 6.45) is 11.2. The molecule has 2 N–H and O–H groups in total. The molecule has 1 aromatic heterocycles. The molecule has 2 saturated carbocycles. The Morgan fingerprint density at radius 3 is 2.41 bits per heavy atom. The first kappa shape index (κ1) is 21.2. The third-order valence-electron chi connectivity index (χ3n) is 7.70. The number of nitrogens with one attached hydrogen (secondary N) is 2. The lowest BCUT2D eigenvalue weighted by molar-refractivity contribution is -0.140. The standard InChI is InChI=1S/C23H33N7O2/c1-14-27-28-18(29(14)2)13-25-23(26-17-6-4-3-5-7-17)24-10-11-30-21(31)19-15-8-9-16(12-15)20(19)22(30)32/h8-9,15-17,19-20H,3-7,10-13H2,1-2H3,(H2,24,25,26). The highest BCUT2D eigenvalue weighted by atomic mass is 16.2. The van der Waals surface area contributed by atoms with Gasteiger partial charge in [0.05, 0.1) is 11.8 Å². The van der Waals surface area contributed by atoms with E-state index < -0.39 is 0 Å². The van der Waals surface area contributed by atoms with Crippen LogP contribution in [0.4, 0.5) is 0 Å². The number of allylic oxidation sites excluding steroid dienone is 2. The van der Waals surface area contributed by atoms with Gasteiger partial charge in [-0.25, -0.2) is 4.99 Å². The predicted molar refractivity (Wildman–Crippen MR) is 119 cm³/mol. The number of guanidine groups is 1. The van der Waals surface area contributed by atoms with Crippen molar-refractivity contribution in [1.29, 1.82) is 0 Å². The van der Waals surface area contributed by atoms with E-state index >= 15 is 0 Å². The quantitative estimate of drug-likeness (QED) is 0.300. The Kier molecular flexibility index (Phi) is 5.73. The summed E-state index contributed by atoms with van der Waals surface area (Å²) in [4.78, 5) is 32.0. The molecule has 1 aromatic rings. The Bertz CT molecular complexity index is 916. The molecule has 0 spiro atoms. The fourth-order valence-corrected chi connectivity index (χ4v) is 5.80. The van der Waals surface area contributed by atoms with Crippen LogP contribution in [-0.4, -0.2) is 56.6 Å². The van der Waals surface area contributed by atoms with Gasteiger partial charge in [-0.2, -0.15) is 0 Å². The summed E-state index contributed by atoms with van der Waals surface area (Å²) in [5.41, 5.74) is 0. The molecule has 3 fully saturated rings. The van der Waals surface area contributed by atoms with E-state index in [-0.39, 0.29) is 35.5 Å². The lowest BCUT2D eigenvalue weighted by Gasteiger charge is -2.25. The fraction of sp³-hybridized carbons (Fsp3) is 0.696. The van der Waals surface area contributed by atoms with Crippen molar-refractivity contribution < 1.29 is 9.59 Å². The molecule has 9 heteroatoms. The highest BCUT2D eigenvalue weighted by Crippen LogP contribution is 2.52. The molecule has 3 aliphatic carbocycles. The van der Waals surface area contributed by atoms with Crippen molar-refractivity contribution >= 4 is 17.8 Å². The molecule has 4 atom stereocenters. The maximum absolute atomic E-state index is 12.9. The van der Waals surface area contributed by atoms with Crippen LogP contribution < -0.4 is 10.6 Å². The van der Waals surface area contributed by atoms with Crippen molar-refractivity contribution in [1.82, 2.24) is 30.3 Å². The molecule has 4 unspecified atom stereocenters. The van der Waals surface area contributed by atoms with Crippen LogP contribution in [0.5, 0.6) is 0 Å². The molecule has 9 nitrogen and oxygen atoms in total. The van der Waals surface area contributed by atoms with Gasteiger partial charge in [-0.05, 0) is 38.0 Å². The number of nitrogens with zero attached hydrogens (tertiary/aromatic N) is 5. The van der Waals surface area contributed by atoms with Gasteiger partial charge in [0.15, 0.2) is 11.8 Å². The van der Waals surface area contributed by atoms with Crippen molar-refractivity contribution in [3.05, 3.63) is 23.8 Å². The van der Waals surface area contributed by atoms with Gasteiger partial charge in [0, 0.05) is 26.2 Å². The van der Waals surface area contributed by atoms with E-state index in [1.54, 1.807) is 0 Å². The van der Waals surface area contributed by atoms with Crippen LogP contribution in [0, 0.1) is 30.6 Å². The number of aromatic nitrogens is 3. The number of hydrogen-bond donors (Lipinski definition) is 2. The number of aryl methyl sites for hydroxylation is 1. The van der Waals surface area contributed by atoms with Crippen molar-refractivity contribution in [2.24, 2.45) is 35.7 Å². The van der Waals surface area contributed by atoms with Crippen LogP contribution in [0.25, 0.3) is 0 Å². The maximum atomic E-state index is 12.9. The zero-order valence-corrected chi connectivity index (χ0v) is 19.0. The second kappa shape index (κ2) is 8.67. The van der Waals surface area contributed by atoms with Gasteiger partial charge in [0.1, 0.15) is 12.4 Å². The number of likely N-dealkylation sites (tertiary alicyclic amines) is 1. The minimum atomic E-state index is -0.134. The highest BCUT2D eigenvalue weighted by molar-refractivity contribution is 6.06. The number of rotatable bonds is 6. The zero-order chi connectivity index (χ0) is 22.2. The smallest absolute Gasteiger partial charge is 0.233 e. The topological polar surface area (TPSA) is 105 Å². The summed E-state index contributed by atoms with van der Waals surface area (Å²) in [5, 5.41) is 15.2. The summed E-state index contributed by atoms with van der Waals surface area (Å²) in [5.74, 6) is 2.60. The first-order valence-corrected chi connectivity index (χ1v) is 12.0. The number of hydrogen-bond acceptors (Lipinski definition) is 5. The van der Waals surface area contributed by atoms with E-state index in [4.69, 9.17) is 4.99 Å². The maximum Gasteiger partial charge on any atom is 0.233 e. The number of aliphatic imine (C=N–C) groups is 1. The second-order valence-electron chi connectivity index (χ2n) is 9.62. The summed E-state index contributed by atoms with van der Waals surface area (Å²) in [6, 6.07) is 0.396. The lowest BCUT2D eigenvalue weighted by atomic mass is 9.85. The minimum absolute atomic E-state index is 0.00642. The number of carbonyl (C=O) groups is 2. The van der Waals surface area contributed by atoms with E-state index in [2.05, 4.69) is 33.0 Å². The average Bonchev–Trinajstić information content (AvgIpc) is 3.55. The minimum Gasteiger partial charge on any atom is -0.355 e. The predicted octanol–water partition coefficient (Wildman–Crippen LogP) is 1.30. The van der Waals surface area contributed by atoms with Crippen LogP contribution in [0.3, 0.4) is 0 Å². The third-order valence-corrected chi connectivity index (χ3v) is 7.70. The Hall–Kier alpha value is -2.71. The van der Waals surface area contributed by atoms with Gasteiger partial charge in [0.25, 0.3) is 0 Å². The molecule has 4 aliphatic rings. The van der Waals surface area contributed by atoms with Gasteiger partial charge in [-0.3, -0.25) is 14.5 Å². The number of carbonyl (C=O) groups excluding carboxylic acids is 2. The number of imide groups is 1. The van der Waals surface area contributed by atoms with Crippen LogP contribution >= 0.6 is 0 Å². The van der Waals surface area contributed by atoms with E-state index in [0.29, 0.717) is 31.6 Å². The monoisotopic (exact) mass is 439 g/mol. The summed E-state index contributed by atoms with van der Waals surface area (Å²) >= 11 is 0. The van der Waals surface area contributed by atoms with Gasteiger partial charge in [0.2, 0.25) is 11.8 Å². The SMILES string of the molecule is Cc1nnc(CN=C(NCCN2C(=O)C3C4C=CC(C4)C3C2=O)NC2CCCCC2)n1C. The molecule has 0 aromatic carbocycles. The molecule has 172 valence electrons. The molecule has 1 saturated heterocycles. The molecule has 5 rings (SSSR count). The molecule has 2 bridgehead atoms. The third kappa shape index (κ3) is 3.82. The van der Waals surface area contributed by atoms with E-state index in [1.165, 1.54) is 24.2 Å². The molecule has 2 amide bonds. The van der Waals surface area contributed by atoms with Gasteiger partial charge in [-0.1, -0.05) is 31.4 Å². The van der Waals surface area contributed by atoms with Crippen molar-refractivity contribution in [3.63, 3.8) is 0 Å². The van der Waals surface area contributed by atoms with Crippen LogP contribution in [0.1, 0.15) is 50.2 Å². The van der Waals surface area contributed by atoms with E-state index in [9.17, 15) is 9.59 Å². The Morgan fingerprint density at radius 2 is 1.78 bits per heavy atom. The largest absolute Gasteiger partial charge is 0.355 e. The van der Waals surface area contributed by atoms with Crippen LogP contribution in [-0.2, 0) is 23.2 Å². The van der Waals surface area contributed by atoms with Crippen LogP contribution in [0.2, 0.25) is 0 Å². The van der Waals surface area contributed by atoms with Crippen molar-refractivity contribution in [3.8, 4) is 0 Å². The zero-order valence-electron chi connectivity index (χ0n) is 19.0. The lowest BCUT2D eigenvalue weighted by Crippen LogP contribution is -2.47. The van der Waals surface area contributed by atoms with Crippen LogP contribution in [0.15, 0.2) is 17.1 Å². The van der Waals surface area contributed by atoms with E-state index in [1.807, 2.05) is 18.5 Å². The Labute approximate surface area is 188 Å². The average molecular weight is 440 g/mol. The summed E-state index contributed by atoms with van der Waals surface area (Å²) in [6.45, 7) is 3.19. The molecule has 0 radical (unpaired) electrons. The summed E-state index contributed by atoms with van der Waals surface area (Å²) in [7, 11) is 1.94. The number of fused-ring (bicyclic) bond motifs is 5. The van der Waals surface area contributed by atoms with Crippen molar-refractivity contribution in [2.75, 3.05) is 13.1 Å². The van der Waals surface area contributed by atoms with Crippen molar-refractivity contribution in [2.45, 2.75) is 58.0 Å². The van der Waals surface area contributed by atoms with Gasteiger partial charge < -0.3 is 15.2 Å². The van der Waals surface area contributed by atoms with Gasteiger partial charge in [-0.15, -0.1) is 10.2 Å². The molecular weight excluding hydrogens is 406 g/mol. The number of amides is 2. The Morgan fingerprint density at radius 1 is 1.09 bits per heavy atom. The normalized spacial score (nSPS) is 29.8. The first-order valence-electron chi connectivity index (χ1n) is 12.0. The van der Waals surface area contributed by atoms with Gasteiger partial charge >= 0.3 is 0 Å². The molecule has 32 heavy (non-hydrogen) atoms. The first-order chi connectivity index (χ1) is 15.5. The Balaban J connectivity index is 1.21.